The molecule has 2 atom stereocenters. The normalized spacial score (nSPS) is 38.8. The fourth-order valence-corrected chi connectivity index (χ4v) is 4.31. The number of allylic oxidation sites excluding steroid dienone is 2. The highest BCUT2D eigenvalue weighted by Crippen LogP contribution is 2.61. The minimum atomic E-state index is -0.213. The van der Waals surface area contributed by atoms with Gasteiger partial charge in [0.1, 0.15) is 0 Å². The van der Waals surface area contributed by atoms with Crippen molar-refractivity contribution in [3.63, 3.8) is 0 Å². The maximum atomic E-state index is 9.57. The zero-order valence-corrected chi connectivity index (χ0v) is 11.9. The molecule has 94 valence electrons. The Labute approximate surface area is 106 Å². The Morgan fingerprint density at radius 3 is 2.47 bits per heavy atom. The van der Waals surface area contributed by atoms with Gasteiger partial charge in [-0.3, -0.25) is 0 Å². The molecular formula is C16H25N. The minimum Gasteiger partial charge on any atom is -0.198 e. The van der Waals surface area contributed by atoms with Gasteiger partial charge in [0.05, 0.1) is 11.5 Å². The lowest BCUT2D eigenvalue weighted by atomic mass is 9.46. The Kier molecular flexibility index (Phi) is 2.69. The van der Waals surface area contributed by atoms with E-state index in [0.717, 1.165) is 6.42 Å². The summed E-state index contributed by atoms with van der Waals surface area (Å²) in [7, 11) is 0. The van der Waals surface area contributed by atoms with Gasteiger partial charge in [-0.15, -0.1) is 0 Å². The molecule has 0 aromatic carbocycles. The first-order valence-corrected chi connectivity index (χ1v) is 6.85. The van der Waals surface area contributed by atoms with Crippen molar-refractivity contribution in [2.24, 2.45) is 22.2 Å². The molecule has 1 nitrogen and oxygen atoms in total. The summed E-state index contributed by atoms with van der Waals surface area (Å²) in [6, 6.07) is 2.60. The van der Waals surface area contributed by atoms with Gasteiger partial charge in [-0.2, -0.15) is 5.26 Å². The molecular weight excluding hydrogens is 206 g/mol. The third-order valence-electron chi connectivity index (χ3n) is 5.60. The summed E-state index contributed by atoms with van der Waals surface area (Å²) in [6.07, 6.45) is 7.16. The molecule has 1 heteroatoms. The Morgan fingerprint density at radius 2 is 1.88 bits per heavy atom. The first-order chi connectivity index (χ1) is 7.74. The van der Waals surface area contributed by atoms with Crippen molar-refractivity contribution in [2.45, 2.75) is 60.3 Å². The summed E-state index contributed by atoms with van der Waals surface area (Å²) in [4.78, 5) is 0. The highest BCUT2D eigenvalue weighted by atomic mass is 14.6. The van der Waals surface area contributed by atoms with E-state index in [0.29, 0.717) is 11.3 Å². The van der Waals surface area contributed by atoms with Crippen LogP contribution in [0.2, 0.25) is 0 Å². The first kappa shape index (κ1) is 12.7. The molecule has 17 heavy (non-hydrogen) atoms. The maximum absolute atomic E-state index is 9.57. The number of nitrogens with zero attached hydrogens (tertiary/aromatic N) is 1. The van der Waals surface area contributed by atoms with Gasteiger partial charge < -0.3 is 0 Å². The van der Waals surface area contributed by atoms with Crippen LogP contribution in [-0.2, 0) is 0 Å². The molecule has 2 rings (SSSR count). The lowest BCUT2D eigenvalue weighted by Crippen LogP contribution is -2.50. The van der Waals surface area contributed by atoms with Gasteiger partial charge >= 0.3 is 0 Å². The Balaban J connectivity index is 2.52. The van der Waals surface area contributed by atoms with Crippen molar-refractivity contribution in [3.8, 4) is 6.07 Å². The van der Waals surface area contributed by atoms with Crippen LogP contribution in [0, 0.1) is 33.5 Å². The van der Waals surface area contributed by atoms with Crippen LogP contribution in [0.3, 0.4) is 0 Å². The molecule has 0 bridgehead atoms. The van der Waals surface area contributed by atoms with E-state index in [-0.39, 0.29) is 10.8 Å². The van der Waals surface area contributed by atoms with Crippen molar-refractivity contribution in [2.75, 3.05) is 0 Å². The number of hydrogen-bond acceptors (Lipinski definition) is 1. The van der Waals surface area contributed by atoms with Gasteiger partial charge in [-0.1, -0.05) is 39.3 Å². The highest BCUT2D eigenvalue weighted by molar-refractivity contribution is 5.27. The smallest absolute Gasteiger partial charge is 0.0695 e. The van der Waals surface area contributed by atoms with Gasteiger partial charge in [0.15, 0.2) is 0 Å². The van der Waals surface area contributed by atoms with Gasteiger partial charge in [-0.05, 0) is 49.4 Å². The summed E-state index contributed by atoms with van der Waals surface area (Å²) < 4.78 is 0. The molecule has 0 spiro atoms. The van der Waals surface area contributed by atoms with E-state index < -0.39 is 0 Å². The van der Waals surface area contributed by atoms with E-state index in [9.17, 15) is 5.26 Å². The van der Waals surface area contributed by atoms with Crippen LogP contribution in [0.4, 0.5) is 0 Å². The third kappa shape index (κ3) is 1.65. The molecule has 0 heterocycles. The van der Waals surface area contributed by atoms with Crippen LogP contribution in [0.15, 0.2) is 11.6 Å². The number of rotatable bonds is 0. The zero-order valence-electron chi connectivity index (χ0n) is 11.9. The molecule has 2 aliphatic rings. The molecule has 1 fully saturated rings. The number of hydrogen-bond donors (Lipinski definition) is 0. The molecule has 2 unspecified atom stereocenters. The van der Waals surface area contributed by atoms with Crippen molar-refractivity contribution < 1.29 is 0 Å². The predicted molar refractivity (Wildman–Crippen MR) is 71.3 cm³/mol. The second-order valence-electron chi connectivity index (χ2n) is 7.42. The summed E-state index contributed by atoms with van der Waals surface area (Å²) in [5.74, 6) is 0.571. The number of nitriles is 1. The molecule has 0 radical (unpaired) electrons. The van der Waals surface area contributed by atoms with Crippen LogP contribution in [0.25, 0.3) is 0 Å². The fourth-order valence-electron chi connectivity index (χ4n) is 4.31. The Hall–Kier alpha value is -0.770. The monoisotopic (exact) mass is 231 g/mol. The molecule has 0 aliphatic heterocycles. The highest BCUT2D eigenvalue weighted by Gasteiger charge is 2.55. The van der Waals surface area contributed by atoms with Crippen molar-refractivity contribution in [3.05, 3.63) is 11.6 Å². The second-order valence-corrected chi connectivity index (χ2v) is 7.42. The maximum Gasteiger partial charge on any atom is 0.0695 e. The SMILES string of the molecule is CC1(C)CCCC2=CCC(C)(C#N)C(C)(C)C21. The average Bonchev–Trinajstić information content (AvgIpc) is 2.22. The van der Waals surface area contributed by atoms with Gasteiger partial charge in [0.25, 0.3) is 0 Å². The van der Waals surface area contributed by atoms with Crippen LogP contribution in [-0.4, -0.2) is 0 Å². The van der Waals surface area contributed by atoms with E-state index in [2.05, 4.69) is 46.8 Å². The van der Waals surface area contributed by atoms with Crippen molar-refractivity contribution in [1.29, 1.82) is 5.26 Å². The largest absolute Gasteiger partial charge is 0.198 e. The molecule has 0 aromatic rings. The average molecular weight is 231 g/mol. The van der Waals surface area contributed by atoms with Crippen LogP contribution in [0.1, 0.15) is 60.3 Å². The van der Waals surface area contributed by atoms with E-state index in [1.807, 2.05) is 0 Å². The molecule has 0 N–H and O–H groups in total. The zero-order chi connectivity index (χ0) is 12.9. The molecule has 1 saturated carbocycles. The van der Waals surface area contributed by atoms with Crippen molar-refractivity contribution >= 4 is 0 Å². The topological polar surface area (TPSA) is 23.8 Å². The van der Waals surface area contributed by atoms with Crippen LogP contribution in [0.5, 0.6) is 0 Å². The minimum absolute atomic E-state index is 0.0791. The summed E-state index contributed by atoms with van der Waals surface area (Å²) in [6.45, 7) is 11.5. The molecule has 0 aromatic heterocycles. The van der Waals surface area contributed by atoms with Gasteiger partial charge in [0.2, 0.25) is 0 Å². The second kappa shape index (κ2) is 3.61. The fraction of sp³-hybridized carbons (Fsp3) is 0.812. The van der Waals surface area contributed by atoms with Crippen LogP contribution < -0.4 is 0 Å². The van der Waals surface area contributed by atoms with Gasteiger partial charge in [-0.25, -0.2) is 0 Å². The third-order valence-corrected chi connectivity index (χ3v) is 5.60. The molecule has 0 amide bonds. The summed E-state index contributed by atoms with van der Waals surface area (Å²) in [5.41, 5.74) is 1.83. The van der Waals surface area contributed by atoms with E-state index in [1.54, 1.807) is 5.57 Å². The lowest BCUT2D eigenvalue weighted by molar-refractivity contribution is -0.00991. The Morgan fingerprint density at radius 1 is 1.24 bits per heavy atom. The standard InChI is InChI=1S/C16H25N/c1-14(2)9-6-7-12-8-10-16(5,11-17)15(3,4)13(12)14/h8,13H,6-7,9-10H2,1-5H3. The lowest BCUT2D eigenvalue weighted by Gasteiger charge is -2.56. The van der Waals surface area contributed by atoms with Crippen molar-refractivity contribution in [1.82, 2.24) is 0 Å². The molecule has 0 saturated heterocycles. The predicted octanol–water partition coefficient (Wildman–Crippen LogP) is 4.70. The van der Waals surface area contributed by atoms with Gasteiger partial charge in [0, 0.05) is 0 Å². The van der Waals surface area contributed by atoms with E-state index in [1.165, 1.54) is 19.3 Å². The first-order valence-electron chi connectivity index (χ1n) is 6.85. The van der Waals surface area contributed by atoms with E-state index in [4.69, 9.17) is 0 Å². The quantitative estimate of drug-likeness (QED) is 0.554. The Bertz CT molecular complexity index is 394. The number of fused-ring (bicyclic) bond motifs is 1. The summed E-state index contributed by atoms with van der Waals surface area (Å²) in [5, 5.41) is 9.57. The van der Waals surface area contributed by atoms with Crippen LogP contribution >= 0.6 is 0 Å². The van der Waals surface area contributed by atoms with E-state index >= 15 is 0 Å². The molecule has 2 aliphatic carbocycles. The summed E-state index contributed by atoms with van der Waals surface area (Å²) >= 11 is 0.